The van der Waals surface area contributed by atoms with Crippen LogP contribution in [0.2, 0.25) is 0 Å². The molecule has 168 valence electrons. The Morgan fingerprint density at radius 2 is 1.88 bits per heavy atom. The Kier molecular flexibility index (Phi) is 7.05. The number of aromatic nitrogens is 5. The van der Waals surface area contributed by atoms with Crippen LogP contribution in [0, 0.1) is 6.92 Å². The van der Waals surface area contributed by atoms with Gasteiger partial charge < -0.3 is 5.73 Å². The number of hydrogen-bond acceptors (Lipinski definition) is 10. The third-order valence-electron chi connectivity index (χ3n) is 4.57. The lowest BCUT2D eigenvalue weighted by Crippen LogP contribution is -2.20. The van der Waals surface area contributed by atoms with Gasteiger partial charge in [-0.1, -0.05) is 35.0 Å². The lowest BCUT2D eigenvalue weighted by molar-refractivity contribution is 0.0949. The summed E-state index contributed by atoms with van der Waals surface area (Å²) in [6.45, 7) is 2.02. The first kappa shape index (κ1) is 22.6. The molecular weight excluding hydrogens is 460 g/mol. The molecule has 2 aromatic carbocycles. The van der Waals surface area contributed by atoms with Gasteiger partial charge in [-0.05, 0) is 53.3 Å². The molecule has 2 aromatic heterocycles. The number of hydrazone groups is 1. The number of anilines is 1. The molecule has 0 aliphatic rings. The highest BCUT2D eigenvalue weighted by atomic mass is 32.2. The minimum atomic E-state index is -0.507. The third-order valence-corrected chi connectivity index (χ3v) is 6.33. The summed E-state index contributed by atoms with van der Waals surface area (Å²) in [5.41, 5.74) is 10.9. The predicted octanol–water partition coefficient (Wildman–Crippen LogP) is 3.32. The highest BCUT2D eigenvalue weighted by Gasteiger charge is 2.24. The number of benzene rings is 2. The molecule has 0 spiro atoms. The van der Waals surface area contributed by atoms with Crippen molar-refractivity contribution in [3.05, 3.63) is 71.0 Å². The van der Waals surface area contributed by atoms with E-state index in [2.05, 4.69) is 35.8 Å². The molecule has 0 aliphatic heterocycles. The average Bonchev–Trinajstić information content (AvgIpc) is 3.44. The zero-order chi connectivity index (χ0) is 23.2. The maximum Gasteiger partial charge on any atom is 0.293 e. The van der Waals surface area contributed by atoms with Crippen LogP contribution in [0.15, 0.2) is 68.1 Å². The number of hydrogen-bond donors (Lipinski definition) is 2. The van der Waals surface area contributed by atoms with Crippen LogP contribution in [-0.2, 0) is 5.75 Å². The van der Waals surface area contributed by atoms with Gasteiger partial charge in [0.25, 0.3) is 5.91 Å². The first-order valence-electron chi connectivity index (χ1n) is 9.75. The van der Waals surface area contributed by atoms with Crippen LogP contribution in [0.3, 0.4) is 0 Å². The van der Waals surface area contributed by atoms with Crippen molar-refractivity contribution in [2.45, 2.75) is 22.5 Å². The van der Waals surface area contributed by atoms with Crippen molar-refractivity contribution in [2.75, 3.05) is 12.0 Å². The summed E-state index contributed by atoms with van der Waals surface area (Å²) >= 11 is 3.17. The fraction of sp³-hybridized carbons (Fsp3) is 0.143. The predicted molar refractivity (Wildman–Crippen MR) is 128 cm³/mol. The van der Waals surface area contributed by atoms with Gasteiger partial charge in [0.05, 0.1) is 11.9 Å². The first-order valence-corrected chi connectivity index (χ1v) is 12.0. The summed E-state index contributed by atoms with van der Waals surface area (Å²) in [6.07, 6.45) is 3.57. The van der Waals surface area contributed by atoms with E-state index in [1.807, 2.05) is 61.7 Å². The van der Waals surface area contributed by atoms with Crippen LogP contribution in [0.25, 0.3) is 5.82 Å². The van der Waals surface area contributed by atoms with E-state index in [4.69, 9.17) is 5.73 Å². The topological polar surface area (TPSA) is 137 Å². The van der Waals surface area contributed by atoms with Gasteiger partial charge in [0, 0.05) is 15.5 Å². The summed E-state index contributed by atoms with van der Waals surface area (Å²) in [7, 11) is 0. The van der Waals surface area contributed by atoms with Gasteiger partial charge in [-0.15, -0.1) is 28.6 Å². The van der Waals surface area contributed by atoms with Crippen molar-refractivity contribution in [1.29, 1.82) is 0 Å². The average molecular weight is 481 g/mol. The minimum absolute atomic E-state index is 0.0418. The van der Waals surface area contributed by atoms with E-state index >= 15 is 0 Å². The van der Waals surface area contributed by atoms with Gasteiger partial charge >= 0.3 is 0 Å². The van der Waals surface area contributed by atoms with Crippen LogP contribution in [0.4, 0.5) is 5.82 Å². The van der Waals surface area contributed by atoms with Crippen molar-refractivity contribution in [3.63, 3.8) is 0 Å². The summed E-state index contributed by atoms with van der Waals surface area (Å²) < 4.78 is 6.04. The molecule has 0 atom stereocenters. The molecule has 12 heteroatoms. The van der Waals surface area contributed by atoms with Crippen molar-refractivity contribution in [3.8, 4) is 5.82 Å². The molecule has 0 fully saturated rings. The largest absolute Gasteiger partial charge is 0.378 e. The zero-order valence-corrected chi connectivity index (χ0v) is 19.4. The standard InChI is InChI=1S/C21H20N8O2S2/c1-13-3-7-16(8-4-13)33-12-17-18(24-28-29(17)20-19(22)26-31-27-20)21(30)25-23-11-14-5-9-15(32-2)10-6-14/h3-11H,12H2,1-2H3,(H2,22,26)(H,25,30). The normalized spacial score (nSPS) is 11.2. The second-order valence-electron chi connectivity index (χ2n) is 6.84. The number of carbonyl (C=O) groups is 1. The van der Waals surface area contributed by atoms with Gasteiger partial charge in [-0.3, -0.25) is 4.79 Å². The Morgan fingerprint density at radius 1 is 1.15 bits per heavy atom. The fourth-order valence-corrected chi connectivity index (χ4v) is 4.11. The van der Waals surface area contributed by atoms with E-state index in [9.17, 15) is 4.79 Å². The van der Waals surface area contributed by atoms with Crippen LogP contribution in [0.1, 0.15) is 27.3 Å². The molecule has 0 saturated carbocycles. The van der Waals surface area contributed by atoms with Crippen LogP contribution >= 0.6 is 23.5 Å². The van der Waals surface area contributed by atoms with E-state index in [1.54, 1.807) is 18.0 Å². The number of amides is 1. The molecule has 0 unspecified atom stereocenters. The Hall–Kier alpha value is -3.64. The number of carbonyl (C=O) groups excluding carboxylic acids is 1. The number of rotatable bonds is 8. The van der Waals surface area contributed by atoms with E-state index in [0.717, 1.165) is 20.9 Å². The van der Waals surface area contributed by atoms with Crippen LogP contribution in [0.5, 0.6) is 0 Å². The third kappa shape index (κ3) is 5.41. The van der Waals surface area contributed by atoms with Crippen molar-refractivity contribution in [1.82, 2.24) is 30.7 Å². The Bertz CT molecular complexity index is 1270. The van der Waals surface area contributed by atoms with Crippen molar-refractivity contribution in [2.24, 2.45) is 5.10 Å². The minimum Gasteiger partial charge on any atom is -0.378 e. The molecule has 0 aliphatic carbocycles. The van der Waals surface area contributed by atoms with E-state index in [0.29, 0.717) is 11.4 Å². The summed E-state index contributed by atoms with van der Waals surface area (Å²) in [5.74, 6) is 0.0803. The van der Waals surface area contributed by atoms with Gasteiger partial charge in [-0.25, -0.2) is 10.1 Å². The maximum absolute atomic E-state index is 12.8. The molecule has 10 nitrogen and oxygen atoms in total. The Labute approximate surface area is 198 Å². The van der Waals surface area contributed by atoms with Gasteiger partial charge in [0.2, 0.25) is 11.6 Å². The Balaban J connectivity index is 1.55. The molecule has 4 aromatic rings. The molecule has 0 bridgehead atoms. The summed E-state index contributed by atoms with van der Waals surface area (Å²) in [4.78, 5) is 15.0. The second kappa shape index (κ2) is 10.3. The number of nitrogen functional groups attached to an aromatic ring is 1. The molecule has 0 radical (unpaired) electrons. The molecule has 1 amide bonds. The Morgan fingerprint density at radius 3 is 2.55 bits per heavy atom. The molecule has 2 heterocycles. The zero-order valence-electron chi connectivity index (χ0n) is 17.8. The number of nitrogens with zero attached hydrogens (tertiary/aromatic N) is 6. The van der Waals surface area contributed by atoms with Crippen LogP contribution < -0.4 is 11.2 Å². The number of nitrogens with one attached hydrogen (secondary N) is 1. The SMILES string of the molecule is CSc1ccc(C=NNC(=O)c2nnn(-c3nonc3N)c2CSc2ccc(C)cc2)cc1. The molecule has 0 saturated heterocycles. The summed E-state index contributed by atoms with van der Waals surface area (Å²) in [5, 5.41) is 19.5. The van der Waals surface area contributed by atoms with E-state index < -0.39 is 5.91 Å². The molecule has 3 N–H and O–H groups in total. The van der Waals surface area contributed by atoms with Crippen molar-refractivity contribution < 1.29 is 9.42 Å². The van der Waals surface area contributed by atoms with Gasteiger partial charge in [-0.2, -0.15) is 9.78 Å². The molecule has 4 rings (SSSR count). The van der Waals surface area contributed by atoms with Crippen LogP contribution in [-0.4, -0.2) is 43.7 Å². The lowest BCUT2D eigenvalue weighted by atomic mass is 10.2. The monoisotopic (exact) mass is 480 g/mol. The smallest absolute Gasteiger partial charge is 0.293 e. The quantitative estimate of drug-likeness (QED) is 0.221. The lowest BCUT2D eigenvalue weighted by Gasteiger charge is -2.06. The first-order chi connectivity index (χ1) is 16.0. The fourth-order valence-electron chi connectivity index (χ4n) is 2.81. The van der Waals surface area contributed by atoms with Gasteiger partial charge in [0.15, 0.2) is 5.69 Å². The highest BCUT2D eigenvalue weighted by Crippen LogP contribution is 2.26. The second-order valence-corrected chi connectivity index (χ2v) is 8.77. The van der Waals surface area contributed by atoms with E-state index in [1.165, 1.54) is 16.4 Å². The summed E-state index contributed by atoms with van der Waals surface area (Å²) in [6, 6.07) is 15.9. The number of thioether (sulfide) groups is 2. The highest BCUT2D eigenvalue weighted by molar-refractivity contribution is 7.98. The van der Waals surface area contributed by atoms with Crippen molar-refractivity contribution >= 4 is 41.5 Å². The molecule has 33 heavy (non-hydrogen) atoms. The van der Waals surface area contributed by atoms with Gasteiger partial charge in [0.1, 0.15) is 0 Å². The molecular formula is C21H20N8O2S2. The van der Waals surface area contributed by atoms with E-state index in [-0.39, 0.29) is 17.3 Å². The number of nitrogens with two attached hydrogens (primary N) is 1. The number of aryl methyl sites for hydroxylation is 1. The maximum atomic E-state index is 12.8.